The predicted octanol–water partition coefficient (Wildman–Crippen LogP) is 3.82. The molecule has 1 aromatic rings. The summed E-state index contributed by atoms with van der Waals surface area (Å²) in [7, 11) is 3.18. The molecule has 0 amide bonds. The van der Waals surface area contributed by atoms with Crippen LogP contribution in [0.5, 0.6) is 5.75 Å². The van der Waals surface area contributed by atoms with E-state index in [4.69, 9.17) is 16.3 Å². The van der Waals surface area contributed by atoms with Crippen molar-refractivity contribution in [3.63, 3.8) is 0 Å². The largest absolute Gasteiger partial charge is 0.496 e. The van der Waals surface area contributed by atoms with E-state index in [9.17, 15) is 13.2 Å². The van der Waals surface area contributed by atoms with E-state index in [0.29, 0.717) is 17.2 Å². The molecule has 1 N–H and O–H groups in total. The lowest BCUT2D eigenvalue weighted by molar-refractivity contribution is -0.136. The van der Waals surface area contributed by atoms with Crippen molar-refractivity contribution in [3.8, 4) is 5.75 Å². The molecule has 0 saturated heterocycles. The van der Waals surface area contributed by atoms with Gasteiger partial charge in [-0.05, 0) is 43.7 Å². The van der Waals surface area contributed by atoms with Crippen molar-refractivity contribution < 1.29 is 17.9 Å². The van der Waals surface area contributed by atoms with E-state index in [1.165, 1.54) is 7.11 Å². The van der Waals surface area contributed by atoms with Gasteiger partial charge in [-0.25, -0.2) is 0 Å². The van der Waals surface area contributed by atoms with E-state index < -0.39 is 12.6 Å². The molecule has 0 aliphatic heterocycles. The zero-order valence-electron chi connectivity index (χ0n) is 10.9. The third kappa shape index (κ3) is 5.70. The Morgan fingerprint density at radius 3 is 2.58 bits per heavy atom. The monoisotopic (exact) mass is 295 g/mol. The van der Waals surface area contributed by atoms with Crippen LogP contribution in [0, 0.1) is 0 Å². The Kier molecular flexibility index (Phi) is 5.94. The van der Waals surface area contributed by atoms with E-state index >= 15 is 0 Å². The zero-order chi connectivity index (χ0) is 14.5. The summed E-state index contributed by atoms with van der Waals surface area (Å²) in [6.45, 7) is 0. The Morgan fingerprint density at radius 1 is 1.37 bits per heavy atom. The third-order valence-electron chi connectivity index (χ3n) is 2.89. The molecule has 1 atom stereocenters. The average Bonchev–Trinajstić information content (AvgIpc) is 2.33. The third-order valence-corrected chi connectivity index (χ3v) is 3.13. The molecular weight excluding hydrogens is 279 g/mol. The Morgan fingerprint density at radius 2 is 2.05 bits per heavy atom. The van der Waals surface area contributed by atoms with Crippen LogP contribution in [0.3, 0.4) is 0 Å². The van der Waals surface area contributed by atoms with Crippen molar-refractivity contribution >= 4 is 11.6 Å². The van der Waals surface area contributed by atoms with E-state index in [2.05, 4.69) is 5.32 Å². The smallest absolute Gasteiger partial charge is 0.389 e. The molecule has 0 saturated carbocycles. The van der Waals surface area contributed by atoms with Gasteiger partial charge in [-0.1, -0.05) is 11.6 Å². The number of nitrogens with one attached hydrogen (secondary N) is 1. The highest BCUT2D eigenvalue weighted by Crippen LogP contribution is 2.27. The standard InChI is InChI=1S/C13H17ClF3NO/c1-18-11(5-6-13(15,16)17)8-9-7-10(14)3-4-12(9)19-2/h3-4,7,11,18H,5-6,8H2,1-2H3. The second kappa shape index (κ2) is 7.01. The fraction of sp³-hybridized carbons (Fsp3) is 0.538. The van der Waals surface area contributed by atoms with E-state index in [1.54, 1.807) is 25.2 Å². The minimum Gasteiger partial charge on any atom is -0.496 e. The van der Waals surface area contributed by atoms with Crippen molar-refractivity contribution in [3.05, 3.63) is 28.8 Å². The zero-order valence-corrected chi connectivity index (χ0v) is 11.6. The minimum absolute atomic E-state index is 0.0235. The second-order valence-electron chi connectivity index (χ2n) is 4.30. The van der Waals surface area contributed by atoms with Gasteiger partial charge in [-0.3, -0.25) is 0 Å². The molecule has 6 heteroatoms. The van der Waals surface area contributed by atoms with Crippen molar-refractivity contribution in [2.24, 2.45) is 0 Å². The maximum Gasteiger partial charge on any atom is 0.389 e. The molecule has 0 aliphatic carbocycles. The van der Waals surface area contributed by atoms with Gasteiger partial charge in [-0.15, -0.1) is 0 Å². The lowest BCUT2D eigenvalue weighted by atomic mass is 10.0. The lowest BCUT2D eigenvalue weighted by Crippen LogP contribution is -2.29. The summed E-state index contributed by atoms with van der Waals surface area (Å²) in [6, 6.07) is 4.86. The molecule has 0 aliphatic rings. The molecule has 0 fully saturated rings. The predicted molar refractivity (Wildman–Crippen MR) is 69.8 cm³/mol. The van der Waals surface area contributed by atoms with Crippen LogP contribution in [0.15, 0.2) is 18.2 Å². The molecule has 0 radical (unpaired) electrons. The number of benzene rings is 1. The van der Waals surface area contributed by atoms with Crippen molar-refractivity contribution in [2.45, 2.75) is 31.5 Å². The number of rotatable bonds is 6. The summed E-state index contributed by atoms with van der Waals surface area (Å²) >= 11 is 5.89. The lowest BCUT2D eigenvalue weighted by Gasteiger charge is -2.19. The van der Waals surface area contributed by atoms with Gasteiger partial charge < -0.3 is 10.1 Å². The second-order valence-corrected chi connectivity index (χ2v) is 4.74. The molecule has 0 heterocycles. The number of likely N-dealkylation sites (N-methyl/N-ethyl adjacent to an activating group) is 1. The van der Waals surface area contributed by atoms with Crippen LogP contribution in [-0.4, -0.2) is 26.4 Å². The number of hydrogen-bond acceptors (Lipinski definition) is 2. The Hall–Kier alpha value is -0.940. The summed E-state index contributed by atoms with van der Waals surface area (Å²) in [4.78, 5) is 0. The van der Waals surface area contributed by atoms with Gasteiger partial charge in [0.2, 0.25) is 0 Å². The van der Waals surface area contributed by atoms with Crippen LogP contribution in [0.4, 0.5) is 13.2 Å². The van der Waals surface area contributed by atoms with Gasteiger partial charge in [0.15, 0.2) is 0 Å². The summed E-state index contributed by atoms with van der Waals surface area (Å²) in [5, 5.41) is 3.44. The Labute approximate surface area is 115 Å². The molecule has 1 rings (SSSR count). The topological polar surface area (TPSA) is 21.3 Å². The fourth-order valence-electron chi connectivity index (χ4n) is 1.86. The molecule has 1 unspecified atom stereocenters. The molecule has 0 spiro atoms. The van der Waals surface area contributed by atoms with Gasteiger partial charge in [0.25, 0.3) is 0 Å². The van der Waals surface area contributed by atoms with Crippen molar-refractivity contribution in [2.75, 3.05) is 14.2 Å². The Bertz CT molecular complexity index is 409. The number of methoxy groups -OCH3 is 1. The molecular formula is C13H17ClF3NO. The fourth-order valence-corrected chi connectivity index (χ4v) is 2.05. The van der Waals surface area contributed by atoms with Crippen LogP contribution in [0.2, 0.25) is 5.02 Å². The molecule has 2 nitrogen and oxygen atoms in total. The first-order valence-electron chi connectivity index (χ1n) is 5.92. The molecule has 0 bridgehead atoms. The Balaban J connectivity index is 2.72. The van der Waals surface area contributed by atoms with Crippen LogP contribution in [0.25, 0.3) is 0 Å². The quantitative estimate of drug-likeness (QED) is 0.861. The number of alkyl halides is 3. The van der Waals surface area contributed by atoms with Crippen LogP contribution in [0.1, 0.15) is 18.4 Å². The summed E-state index contributed by atoms with van der Waals surface area (Å²) in [5.41, 5.74) is 0.802. The maximum atomic E-state index is 12.2. The molecule has 108 valence electrons. The summed E-state index contributed by atoms with van der Waals surface area (Å²) < 4.78 is 41.9. The van der Waals surface area contributed by atoms with Crippen molar-refractivity contribution in [1.82, 2.24) is 5.32 Å². The molecule has 0 aromatic heterocycles. The minimum atomic E-state index is -4.13. The average molecular weight is 296 g/mol. The number of halogens is 4. The van der Waals surface area contributed by atoms with Gasteiger partial charge in [0, 0.05) is 17.5 Å². The first kappa shape index (κ1) is 16.1. The number of ether oxygens (including phenoxy) is 1. The first-order chi connectivity index (χ1) is 8.85. The highest BCUT2D eigenvalue weighted by Gasteiger charge is 2.28. The van der Waals surface area contributed by atoms with Crippen LogP contribution < -0.4 is 10.1 Å². The van der Waals surface area contributed by atoms with E-state index in [-0.39, 0.29) is 12.5 Å². The molecule has 19 heavy (non-hydrogen) atoms. The van der Waals surface area contributed by atoms with Gasteiger partial charge in [-0.2, -0.15) is 13.2 Å². The van der Waals surface area contributed by atoms with Crippen LogP contribution in [-0.2, 0) is 6.42 Å². The first-order valence-corrected chi connectivity index (χ1v) is 6.30. The summed E-state index contributed by atoms with van der Waals surface area (Å²) in [6.07, 6.45) is -4.47. The van der Waals surface area contributed by atoms with Crippen LogP contribution >= 0.6 is 11.6 Å². The molecule has 1 aromatic carbocycles. The van der Waals surface area contributed by atoms with Gasteiger partial charge >= 0.3 is 6.18 Å². The SMILES string of the molecule is CNC(CCC(F)(F)F)Cc1cc(Cl)ccc1OC. The van der Waals surface area contributed by atoms with E-state index in [1.807, 2.05) is 0 Å². The maximum absolute atomic E-state index is 12.2. The highest BCUT2D eigenvalue weighted by molar-refractivity contribution is 6.30. The number of hydrogen-bond donors (Lipinski definition) is 1. The van der Waals surface area contributed by atoms with Gasteiger partial charge in [0.1, 0.15) is 5.75 Å². The van der Waals surface area contributed by atoms with E-state index in [0.717, 1.165) is 5.56 Å². The summed E-state index contributed by atoms with van der Waals surface area (Å²) in [5.74, 6) is 0.636. The van der Waals surface area contributed by atoms with Crippen molar-refractivity contribution in [1.29, 1.82) is 0 Å². The normalized spacial score (nSPS) is 13.4. The van der Waals surface area contributed by atoms with Gasteiger partial charge in [0.05, 0.1) is 7.11 Å². The highest BCUT2D eigenvalue weighted by atomic mass is 35.5.